The van der Waals surface area contributed by atoms with Gasteiger partial charge in [0.25, 0.3) is 0 Å². The Morgan fingerprint density at radius 2 is 1.80 bits per heavy atom. The van der Waals surface area contributed by atoms with Crippen LogP contribution in [0.25, 0.3) is 0 Å². The van der Waals surface area contributed by atoms with Crippen molar-refractivity contribution in [3.8, 4) is 5.75 Å². The lowest BCUT2D eigenvalue weighted by molar-refractivity contribution is 0.0156. The van der Waals surface area contributed by atoms with E-state index in [-0.39, 0.29) is 11.6 Å². The molecule has 1 aliphatic rings. The third-order valence-corrected chi connectivity index (χ3v) is 4.47. The zero-order chi connectivity index (χ0) is 18.5. The quantitative estimate of drug-likeness (QED) is 0.875. The summed E-state index contributed by atoms with van der Waals surface area (Å²) in [7, 11) is 0. The fourth-order valence-electron chi connectivity index (χ4n) is 2.87. The van der Waals surface area contributed by atoms with Gasteiger partial charge in [-0.1, -0.05) is 12.1 Å². The van der Waals surface area contributed by atoms with Crippen LogP contribution < -0.4 is 10.1 Å². The summed E-state index contributed by atoms with van der Waals surface area (Å²) in [5.41, 5.74) is 0.833. The Labute approximate surface area is 151 Å². The molecule has 1 aromatic rings. The van der Waals surface area contributed by atoms with E-state index in [1.54, 1.807) is 0 Å². The molecule has 0 saturated carbocycles. The molecular formula is C20H32N2O3. The Morgan fingerprint density at radius 1 is 1.20 bits per heavy atom. The van der Waals surface area contributed by atoms with Crippen molar-refractivity contribution in [1.29, 1.82) is 0 Å². The number of amides is 1. The second-order valence-electron chi connectivity index (χ2n) is 7.96. The van der Waals surface area contributed by atoms with Crippen LogP contribution in [-0.2, 0) is 11.3 Å². The van der Waals surface area contributed by atoms with Crippen LogP contribution in [0.4, 0.5) is 4.79 Å². The molecule has 1 heterocycles. The molecule has 0 aliphatic carbocycles. The topological polar surface area (TPSA) is 50.8 Å². The Kier molecular flexibility index (Phi) is 6.33. The van der Waals surface area contributed by atoms with E-state index in [9.17, 15) is 4.79 Å². The first-order chi connectivity index (χ1) is 11.7. The van der Waals surface area contributed by atoms with Crippen molar-refractivity contribution in [3.05, 3.63) is 29.8 Å². The van der Waals surface area contributed by atoms with Gasteiger partial charge in [0.15, 0.2) is 0 Å². The maximum atomic E-state index is 12.2. The van der Waals surface area contributed by atoms with Gasteiger partial charge in [0.05, 0.1) is 6.61 Å². The molecule has 1 saturated heterocycles. The molecule has 0 unspecified atom stereocenters. The molecule has 1 fully saturated rings. The van der Waals surface area contributed by atoms with Gasteiger partial charge in [-0.05, 0) is 65.2 Å². The van der Waals surface area contributed by atoms with Crippen LogP contribution in [0.2, 0.25) is 0 Å². The third kappa shape index (κ3) is 6.24. The molecule has 0 atom stereocenters. The standard InChI is InChI=1S/C20H32N2O3/c1-6-24-17-9-7-16(8-10-17)15-21-20(5)11-13-22(14-12-20)18(23)25-19(2,3)4/h7-10,21H,6,11-15H2,1-5H3. The highest BCUT2D eigenvalue weighted by Crippen LogP contribution is 2.24. The number of carbonyl (C=O) groups is 1. The van der Waals surface area contributed by atoms with Gasteiger partial charge in [-0.25, -0.2) is 4.79 Å². The third-order valence-electron chi connectivity index (χ3n) is 4.47. The van der Waals surface area contributed by atoms with E-state index >= 15 is 0 Å². The van der Waals surface area contributed by atoms with Crippen molar-refractivity contribution in [2.45, 2.75) is 65.1 Å². The molecule has 5 nitrogen and oxygen atoms in total. The molecule has 1 aliphatic heterocycles. The number of benzene rings is 1. The molecule has 1 amide bonds. The highest BCUT2D eigenvalue weighted by Gasteiger charge is 2.33. The largest absolute Gasteiger partial charge is 0.494 e. The molecule has 0 bridgehead atoms. The number of ether oxygens (including phenoxy) is 2. The van der Waals surface area contributed by atoms with Crippen molar-refractivity contribution in [3.63, 3.8) is 0 Å². The van der Waals surface area contributed by atoms with Crippen molar-refractivity contribution in [1.82, 2.24) is 10.2 Å². The first-order valence-electron chi connectivity index (χ1n) is 9.15. The van der Waals surface area contributed by atoms with Crippen molar-refractivity contribution in [2.75, 3.05) is 19.7 Å². The zero-order valence-corrected chi connectivity index (χ0v) is 16.2. The summed E-state index contributed by atoms with van der Waals surface area (Å²) in [4.78, 5) is 14.0. The van der Waals surface area contributed by atoms with Gasteiger partial charge in [-0.2, -0.15) is 0 Å². The number of likely N-dealkylation sites (tertiary alicyclic amines) is 1. The van der Waals surface area contributed by atoms with Crippen LogP contribution in [0.15, 0.2) is 24.3 Å². The molecule has 140 valence electrons. The highest BCUT2D eigenvalue weighted by atomic mass is 16.6. The van der Waals surface area contributed by atoms with E-state index in [4.69, 9.17) is 9.47 Å². The smallest absolute Gasteiger partial charge is 0.410 e. The Hall–Kier alpha value is -1.75. The summed E-state index contributed by atoms with van der Waals surface area (Å²) in [6.45, 7) is 12.9. The van der Waals surface area contributed by atoms with Crippen LogP contribution in [-0.4, -0.2) is 41.8 Å². The van der Waals surface area contributed by atoms with E-state index in [2.05, 4.69) is 24.4 Å². The average molecular weight is 348 g/mol. The zero-order valence-electron chi connectivity index (χ0n) is 16.2. The highest BCUT2D eigenvalue weighted by molar-refractivity contribution is 5.68. The number of piperidine rings is 1. The van der Waals surface area contributed by atoms with Crippen LogP contribution in [0.5, 0.6) is 5.75 Å². The molecule has 2 rings (SSSR count). The van der Waals surface area contributed by atoms with Gasteiger partial charge in [0.1, 0.15) is 11.4 Å². The van der Waals surface area contributed by atoms with Gasteiger partial charge in [-0.3, -0.25) is 0 Å². The molecule has 0 spiro atoms. The van der Waals surface area contributed by atoms with Crippen molar-refractivity contribution < 1.29 is 14.3 Å². The molecular weight excluding hydrogens is 316 g/mol. The van der Waals surface area contributed by atoms with E-state index in [0.717, 1.165) is 38.2 Å². The SMILES string of the molecule is CCOc1ccc(CNC2(C)CCN(C(=O)OC(C)(C)C)CC2)cc1. The molecule has 1 aromatic carbocycles. The second-order valence-corrected chi connectivity index (χ2v) is 7.96. The number of hydrogen-bond donors (Lipinski definition) is 1. The first-order valence-corrected chi connectivity index (χ1v) is 9.15. The normalized spacial score (nSPS) is 17.2. The lowest BCUT2D eigenvalue weighted by Gasteiger charge is -2.40. The summed E-state index contributed by atoms with van der Waals surface area (Å²) >= 11 is 0. The minimum atomic E-state index is -0.441. The molecule has 1 N–H and O–H groups in total. The Bertz CT molecular complexity index is 555. The van der Waals surface area contributed by atoms with Gasteiger partial charge in [0.2, 0.25) is 0 Å². The van der Waals surface area contributed by atoms with Crippen molar-refractivity contribution >= 4 is 6.09 Å². The summed E-state index contributed by atoms with van der Waals surface area (Å²) in [6.07, 6.45) is 1.63. The number of rotatable bonds is 5. The summed E-state index contributed by atoms with van der Waals surface area (Å²) in [5.74, 6) is 0.906. The number of hydrogen-bond acceptors (Lipinski definition) is 4. The minimum absolute atomic E-state index is 0.0388. The molecule has 0 radical (unpaired) electrons. The van der Waals surface area contributed by atoms with Crippen molar-refractivity contribution in [2.24, 2.45) is 0 Å². The number of nitrogens with zero attached hydrogens (tertiary/aromatic N) is 1. The lowest BCUT2D eigenvalue weighted by Crippen LogP contribution is -2.53. The maximum absolute atomic E-state index is 12.2. The molecule has 5 heteroatoms. The van der Waals surface area contributed by atoms with Gasteiger partial charge < -0.3 is 19.7 Å². The monoisotopic (exact) mass is 348 g/mol. The summed E-state index contributed by atoms with van der Waals surface area (Å²) in [5, 5.41) is 3.65. The first kappa shape index (κ1) is 19.6. The van der Waals surface area contributed by atoms with E-state index < -0.39 is 5.60 Å². The van der Waals surface area contributed by atoms with Crippen LogP contribution in [0, 0.1) is 0 Å². The van der Waals surface area contributed by atoms with Gasteiger partial charge >= 0.3 is 6.09 Å². The lowest BCUT2D eigenvalue weighted by atomic mass is 9.89. The number of carbonyl (C=O) groups excluding carboxylic acids is 1. The van der Waals surface area contributed by atoms with E-state index in [0.29, 0.717) is 6.61 Å². The predicted molar refractivity (Wildman–Crippen MR) is 99.9 cm³/mol. The van der Waals surface area contributed by atoms with Crippen LogP contribution in [0.3, 0.4) is 0 Å². The van der Waals surface area contributed by atoms with Gasteiger partial charge in [-0.15, -0.1) is 0 Å². The maximum Gasteiger partial charge on any atom is 0.410 e. The minimum Gasteiger partial charge on any atom is -0.494 e. The molecule has 0 aromatic heterocycles. The van der Waals surface area contributed by atoms with Crippen LogP contribution >= 0.6 is 0 Å². The summed E-state index contributed by atoms with van der Waals surface area (Å²) < 4.78 is 10.9. The van der Waals surface area contributed by atoms with Gasteiger partial charge in [0, 0.05) is 25.2 Å². The fraction of sp³-hybridized carbons (Fsp3) is 0.650. The second kappa shape index (κ2) is 8.09. The predicted octanol–water partition coefficient (Wildman–Crippen LogP) is 3.96. The summed E-state index contributed by atoms with van der Waals surface area (Å²) in [6, 6.07) is 8.20. The van der Waals surface area contributed by atoms with Crippen LogP contribution in [0.1, 0.15) is 53.0 Å². The Balaban J connectivity index is 1.81. The van der Waals surface area contributed by atoms with E-state index in [1.165, 1.54) is 5.56 Å². The Morgan fingerprint density at radius 3 is 2.32 bits per heavy atom. The molecule has 25 heavy (non-hydrogen) atoms. The fourth-order valence-corrected chi connectivity index (χ4v) is 2.87. The average Bonchev–Trinajstić information content (AvgIpc) is 2.54. The van der Waals surface area contributed by atoms with E-state index in [1.807, 2.05) is 44.7 Å². The number of nitrogens with one attached hydrogen (secondary N) is 1.